The molecule has 0 radical (unpaired) electrons. The number of ether oxygens (including phenoxy) is 11. The van der Waals surface area contributed by atoms with Crippen molar-refractivity contribution in [3.05, 3.63) is 0 Å². The molecule has 0 aromatic heterocycles. The van der Waals surface area contributed by atoms with Gasteiger partial charge in [-0.15, -0.1) is 11.6 Å². The molecule has 0 aromatic rings. The van der Waals surface area contributed by atoms with E-state index in [9.17, 15) is 0 Å². The smallest absolute Gasteiger partial charge is 0.0701 e. The molecule has 0 bridgehead atoms. The first kappa shape index (κ1) is 34.9. The van der Waals surface area contributed by atoms with Crippen LogP contribution >= 0.6 is 11.6 Å². The molecule has 11 nitrogen and oxygen atoms in total. The third-order valence-corrected chi connectivity index (χ3v) is 4.16. The maximum absolute atomic E-state index is 5.50. The van der Waals surface area contributed by atoms with Gasteiger partial charge in [0.15, 0.2) is 0 Å². The first-order valence-corrected chi connectivity index (χ1v) is 12.8. The second-order valence-corrected chi connectivity index (χ2v) is 7.18. The molecule has 0 heterocycles. The Hall–Kier alpha value is -0.150. The van der Waals surface area contributed by atoms with Gasteiger partial charge < -0.3 is 52.1 Å². The van der Waals surface area contributed by atoms with Crippen LogP contribution in [0.4, 0.5) is 0 Å². The molecule has 0 saturated heterocycles. The van der Waals surface area contributed by atoms with Crippen LogP contribution < -0.4 is 0 Å². The van der Waals surface area contributed by atoms with Crippen molar-refractivity contribution in [2.24, 2.45) is 0 Å². The molecule has 0 amide bonds. The maximum Gasteiger partial charge on any atom is 0.0701 e. The quantitative estimate of drug-likeness (QED) is 0.0913. The summed E-state index contributed by atoms with van der Waals surface area (Å²) in [6, 6.07) is 0. The average Bonchev–Trinajstić information content (AvgIpc) is 2.87. The van der Waals surface area contributed by atoms with Crippen molar-refractivity contribution >= 4 is 11.6 Å². The fraction of sp³-hybridized carbons (Fsp3) is 1.00. The third-order valence-electron chi connectivity index (χ3n) is 4.00. The zero-order chi connectivity index (χ0) is 25.3. The molecule has 35 heavy (non-hydrogen) atoms. The second-order valence-electron chi connectivity index (χ2n) is 6.81. The summed E-state index contributed by atoms with van der Waals surface area (Å²) in [4.78, 5) is 0. The topological polar surface area (TPSA) is 102 Å². The standard InChI is InChI=1S/C23H47ClO11/c1-25-4-5-27-8-9-29-12-13-31-16-17-33-20-21-35-23-22-34-19-18-32-15-14-30-11-10-28-7-6-26-3-2-24/h2-23H2,1H3. The molecule has 0 aliphatic carbocycles. The van der Waals surface area contributed by atoms with Crippen LogP contribution in [0.3, 0.4) is 0 Å². The van der Waals surface area contributed by atoms with Crippen LogP contribution in [0, 0.1) is 0 Å². The Morgan fingerprint density at radius 2 is 0.457 bits per heavy atom. The lowest BCUT2D eigenvalue weighted by Crippen LogP contribution is -2.15. The van der Waals surface area contributed by atoms with Crippen LogP contribution in [0.25, 0.3) is 0 Å². The Bertz CT molecular complexity index is 338. The predicted octanol–water partition coefficient (Wildman–Crippen LogP) is 1.04. The molecule has 0 saturated carbocycles. The summed E-state index contributed by atoms with van der Waals surface area (Å²) in [6.45, 7) is 11.3. The largest absolute Gasteiger partial charge is 0.382 e. The Labute approximate surface area is 215 Å². The van der Waals surface area contributed by atoms with E-state index in [1.54, 1.807) is 7.11 Å². The summed E-state index contributed by atoms with van der Waals surface area (Å²) in [5, 5.41) is 0. The van der Waals surface area contributed by atoms with E-state index in [1.807, 2.05) is 0 Å². The van der Waals surface area contributed by atoms with Gasteiger partial charge in [-0.2, -0.15) is 0 Å². The minimum atomic E-state index is 0.501. The highest BCUT2D eigenvalue weighted by Gasteiger charge is 1.96. The van der Waals surface area contributed by atoms with Gasteiger partial charge >= 0.3 is 0 Å². The van der Waals surface area contributed by atoms with Crippen molar-refractivity contribution in [2.75, 3.05) is 152 Å². The highest BCUT2D eigenvalue weighted by molar-refractivity contribution is 6.17. The van der Waals surface area contributed by atoms with Crippen molar-refractivity contribution in [1.82, 2.24) is 0 Å². The van der Waals surface area contributed by atoms with Gasteiger partial charge in [0.1, 0.15) is 0 Å². The number of rotatable bonds is 32. The number of methoxy groups -OCH3 is 1. The van der Waals surface area contributed by atoms with Gasteiger partial charge in [0.05, 0.1) is 139 Å². The van der Waals surface area contributed by atoms with Crippen LogP contribution in [0.5, 0.6) is 0 Å². The fourth-order valence-electron chi connectivity index (χ4n) is 2.28. The van der Waals surface area contributed by atoms with Gasteiger partial charge in [0.2, 0.25) is 0 Å². The highest BCUT2D eigenvalue weighted by atomic mass is 35.5. The van der Waals surface area contributed by atoms with E-state index in [2.05, 4.69) is 0 Å². The van der Waals surface area contributed by atoms with Gasteiger partial charge in [0.25, 0.3) is 0 Å². The van der Waals surface area contributed by atoms with Crippen molar-refractivity contribution in [1.29, 1.82) is 0 Å². The summed E-state index contributed by atoms with van der Waals surface area (Å²) in [6.07, 6.45) is 0. The molecule has 0 spiro atoms. The van der Waals surface area contributed by atoms with E-state index < -0.39 is 0 Å². The van der Waals surface area contributed by atoms with Gasteiger partial charge in [0, 0.05) is 13.0 Å². The van der Waals surface area contributed by atoms with Gasteiger partial charge in [-0.1, -0.05) is 0 Å². The van der Waals surface area contributed by atoms with E-state index in [1.165, 1.54) is 0 Å². The number of hydrogen-bond donors (Lipinski definition) is 0. The van der Waals surface area contributed by atoms with E-state index in [4.69, 9.17) is 63.7 Å². The molecule has 0 fully saturated rings. The lowest BCUT2D eigenvalue weighted by Gasteiger charge is -2.09. The van der Waals surface area contributed by atoms with Gasteiger partial charge in [-0.25, -0.2) is 0 Å². The summed E-state index contributed by atoms with van der Waals surface area (Å²) in [5.41, 5.74) is 0. The molecular formula is C23H47ClO11. The van der Waals surface area contributed by atoms with E-state index in [0.717, 1.165) is 0 Å². The lowest BCUT2D eigenvalue weighted by molar-refractivity contribution is -0.0269. The maximum atomic E-state index is 5.50. The number of alkyl halides is 1. The molecule has 0 aliphatic heterocycles. The first-order valence-electron chi connectivity index (χ1n) is 12.2. The summed E-state index contributed by atoms with van der Waals surface area (Å²) in [5.74, 6) is 0.501. The molecule has 0 aromatic carbocycles. The van der Waals surface area contributed by atoms with E-state index >= 15 is 0 Å². The van der Waals surface area contributed by atoms with Gasteiger partial charge in [-0.05, 0) is 0 Å². The Morgan fingerprint density at radius 3 is 0.629 bits per heavy atom. The Balaban J connectivity index is 3.00. The fourth-order valence-corrected chi connectivity index (χ4v) is 2.39. The molecule has 212 valence electrons. The normalized spacial score (nSPS) is 11.5. The Kier molecular flexibility index (Phi) is 33.7. The van der Waals surface area contributed by atoms with Crippen LogP contribution in [0.2, 0.25) is 0 Å². The zero-order valence-corrected chi connectivity index (χ0v) is 22.2. The third kappa shape index (κ3) is 33.9. The van der Waals surface area contributed by atoms with Crippen LogP contribution in [-0.4, -0.2) is 152 Å². The number of hydrogen-bond acceptors (Lipinski definition) is 11. The van der Waals surface area contributed by atoms with Crippen molar-refractivity contribution in [3.63, 3.8) is 0 Å². The monoisotopic (exact) mass is 534 g/mol. The van der Waals surface area contributed by atoms with E-state index in [0.29, 0.717) is 145 Å². The summed E-state index contributed by atoms with van der Waals surface area (Å²) in [7, 11) is 1.65. The molecule has 0 unspecified atom stereocenters. The Morgan fingerprint density at radius 1 is 0.286 bits per heavy atom. The van der Waals surface area contributed by atoms with Crippen LogP contribution in [-0.2, 0) is 52.1 Å². The summed E-state index contributed by atoms with van der Waals surface area (Å²) >= 11 is 5.50. The highest BCUT2D eigenvalue weighted by Crippen LogP contribution is 1.87. The average molecular weight is 535 g/mol. The first-order chi connectivity index (χ1) is 17.4. The molecule has 0 N–H and O–H groups in total. The van der Waals surface area contributed by atoms with Crippen molar-refractivity contribution in [3.8, 4) is 0 Å². The van der Waals surface area contributed by atoms with E-state index in [-0.39, 0.29) is 0 Å². The zero-order valence-electron chi connectivity index (χ0n) is 21.4. The SMILES string of the molecule is COCCOCCOCCOCCOCCOCCOCCOCCOCCOCCOCCCl. The predicted molar refractivity (Wildman–Crippen MR) is 131 cm³/mol. The second kappa shape index (κ2) is 33.8. The molecule has 0 aliphatic rings. The molecule has 12 heteroatoms. The minimum Gasteiger partial charge on any atom is -0.382 e. The lowest BCUT2D eigenvalue weighted by atomic mass is 10.6. The summed E-state index contributed by atoms with van der Waals surface area (Å²) < 4.78 is 58.7. The van der Waals surface area contributed by atoms with Crippen LogP contribution in [0.1, 0.15) is 0 Å². The van der Waals surface area contributed by atoms with Crippen molar-refractivity contribution < 1.29 is 52.1 Å². The minimum absolute atomic E-state index is 0.501. The number of halogens is 1. The molecular weight excluding hydrogens is 488 g/mol. The van der Waals surface area contributed by atoms with Crippen molar-refractivity contribution in [2.45, 2.75) is 0 Å². The molecule has 0 atom stereocenters. The van der Waals surface area contributed by atoms with Gasteiger partial charge in [-0.3, -0.25) is 0 Å². The molecule has 0 rings (SSSR count). The van der Waals surface area contributed by atoms with Crippen LogP contribution in [0.15, 0.2) is 0 Å².